The predicted molar refractivity (Wildman–Crippen MR) is 74.3 cm³/mol. The van der Waals surface area contributed by atoms with Crippen molar-refractivity contribution >= 4 is 18.3 Å². The Labute approximate surface area is 111 Å². The molecule has 1 fully saturated rings. The molecule has 0 aromatic heterocycles. The van der Waals surface area contributed by atoms with E-state index in [1.165, 1.54) is 19.3 Å². The van der Waals surface area contributed by atoms with Crippen molar-refractivity contribution in [2.45, 2.75) is 64.3 Å². The number of rotatable bonds is 7. The van der Waals surface area contributed by atoms with Gasteiger partial charge in [-0.3, -0.25) is 4.79 Å². The second-order valence-corrected chi connectivity index (χ2v) is 5.08. The fourth-order valence-corrected chi connectivity index (χ4v) is 2.24. The quantitative estimate of drug-likeness (QED) is 0.741. The molecule has 0 atom stereocenters. The normalized spacial score (nSPS) is 15.9. The molecule has 17 heavy (non-hydrogen) atoms. The topological polar surface area (TPSA) is 55.1 Å². The first-order chi connectivity index (χ1) is 7.65. The van der Waals surface area contributed by atoms with Gasteiger partial charge in [0.1, 0.15) is 0 Å². The Kier molecular flexibility index (Phi) is 7.80. The fourth-order valence-electron chi connectivity index (χ4n) is 2.24. The van der Waals surface area contributed by atoms with Crippen molar-refractivity contribution in [2.24, 2.45) is 11.7 Å². The van der Waals surface area contributed by atoms with Crippen LogP contribution >= 0.6 is 12.4 Å². The SMILES string of the molecule is CCC(CC)(CN)NC(=O)CCC1CCC1.Cl. The number of amides is 1. The highest BCUT2D eigenvalue weighted by Gasteiger charge is 2.26. The minimum atomic E-state index is -0.170. The number of nitrogens with one attached hydrogen (secondary N) is 1. The van der Waals surface area contributed by atoms with Gasteiger partial charge < -0.3 is 11.1 Å². The van der Waals surface area contributed by atoms with Gasteiger partial charge in [0, 0.05) is 13.0 Å². The summed E-state index contributed by atoms with van der Waals surface area (Å²) in [5.41, 5.74) is 5.59. The molecule has 1 amide bonds. The third-order valence-corrected chi connectivity index (χ3v) is 4.15. The van der Waals surface area contributed by atoms with Crippen molar-refractivity contribution in [1.82, 2.24) is 5.32 Å². The Hall–Kier alpha value is -0.280. The zero-order valence-corrected chi connectivity index (χ0v) is 11.9. The molecule has 0 spiro atoms. The van der Waals surface area contributed by atoms with Gasteiger partial charge in [-0.25, -0.2) is 0 Å². The van der Waals surface area contributed by atoms with Gasteiger partial charge in [-0.1, -0.05) is 33.1 Å². The van der Waals surface area contributed by atoms with E-state index in [-0.39, 0.29) is 23.9 Å². The Morgan fingerprint density at radius 3 is 2.29 bits per heavy atom. The average molecular weight is 263 g/mol. The molecule has 0 bridgehead atoms. The van der Waals surface area contributed by atoms with Crippen LogP contribution in [0.3, 0.4) is 0 Å². The monoisotopic (exact) mass is 262 g/mol. The summed E-state index contributed by atoms with van der Waals surface area (Å²) in [4.78, 5) is 11.8. The summed E-state index contributed by atoms with van der Waals surface area (Å²) >= 11 is 0. The van der Waals surface area contributed by atoms with Gasteiger partial charge in [-0.05, 0) is 25.2 Å². The third-order valence-electron chi connectivity index (χ3n) is 4.15. The molecule has 102 valence electrons. The highest BCUT2D eigenvalue weighted by molar-refractivity contribution is 5.85. The average Bonchev–Trinajstić information content (AvgIpc) is 2.24. The van der Waals surface area contributed by atoms with Crippen LogP contribution in [0.15, 0.2) is 0 Å². The molecule has 0 aliphatic heterocycles. The summed E-state index contributed by atoms with van der Waals surface area (Å²) in [6, 6.07) is 0. The van der Waals surface area contributed by atoms with Gasteiger partial charge >= 0.3 is 0 Å². The molecule has 0 saturated heterocycles. The number of hydrogen-bond acceptors (Lipinski definition) is 2. The zero-order valence-electron chi connectivity index (χ0n) is 11.1. The van der Waals surface area contributed by atoms with Crippen molar-refractivity contribution in [1.29, 1.82) is 0 Å². The molecule has 0 heterocycles. The van der Waals surface area contributed by atoms with Crippen molar-refractivity contribution < 1.29 is 4.79 Å². The highest BCUT2D eigenvalue weighted by atomic mass is 35.5. The van der Waals surface area contributed by atoms with Crippen LogP contribution in [0.4, 0.5) is 0 Å². The molecule has 1 saturated carbocycles. The minimum absolute atomic E-state index is 0. The number of carbonyl (C=O) groups is 1. The number of hydrogen-bond donors (Lipinski definition) is 2. The zero-order chi connectivity index (χ0) is 12.0. The number of halogens is 1. The lowest BCUT2D eigenvalue weighted by molar-refractivity contribution is -0.123. The van der Waals surface area contributed by atoms with Crippen LogP contribution in [0.2, 0.25) is 0 Å². The van der Waals surface area contributed by atoms with E-state index in [4.69, 9.17) is 5.73 Å². The minimum Gasteiger partial charge on any atom is -0.349 e. The van der Waals surface area contributed by atoms with Crippen LogP contribution in [0, 0.1) is 5.92 Å². The van der Waals surface area contributed by atoms with E-state index in [2.05, 4.69) is 19.2 Å². The molecule has 0 aromatic rings. The molecule has 3 nitrogen and oxygen atoms in total. The Balaban J connectivity index is 0.00000256. The second-order valence-electron chi connectivity index (χ2n) is 5.08. The summed E-state index contributed by atoms with van der Waals surface area (Å²) in [5.74, 6) is 0.988. The first-order valence-electron chi connectivity index (χ1n) is 6.67. The number of carbonyl (C=O) groups excluding carboxylic acids is 1. The molecule has 4 heteroatoms. The smallest absolute Gasteiger partial charge is 0.220 e. The van der Waals surface area contributed by atoms with E-state index >= 15 is 0 Å². The van der Waals surface area contributed by atoms with Crippen molar-refractivity contribution in [3.05, 3.63) is 0 Å². The van der Waals surface area contributed by atoms with Crippen LogP contribution in [-0.4, -0.2) is 18.0 Å². The van der Waals surface area contributed by atoms with E-state index < -0.39 is 0 Å². The van der Waals surface area contributed by atoms with E-state index in [0.29, 0.717) is 13.0 Å². The van der Waals surface area contributed by atoms with Gasteiger partial charge in [0.15, 0.2) is 0 Å². The Morgan fingerprint density at radius 1 is 1.35 bits per heavy atom. The molecule has 3 N–H and O–H groups in total. The summed E-state index contributed by atoms with van der Waals surface area (Å²) in [7, 11) is 0. The maximum Gasteiger partial charge on any atom is 0.220 e. The lowest BCUT2D eigenvalue weighted by Gasteiger charge is -2.32. The highest BCUT2D eigenvalue weighted by Crippen LogP contribution is 2.30. The molecule has 1 aliphatic carbocycles. The molecule has 0 aromatic carbocycles. The van der Waals surface area contributed by atoms with Crippen molar-refractivity contribution in [3.8, 4) is 0 Å². The summed E-state index contributed by atoms with van der Waals surface area (Å²) in [6.07, 6.45) is 7.54. The molecule has 0 radical (unpaired) electrons. The Bertz CT molecular complexity index is 217. The Morgan fingerprint density at radius 2 is 1.94 bits per heavy atom. The maximum absolute atomic E-state index is 11.8. The molecular formula is C13H27ClN2O. The molecular weight excluding hydrogens is 236 g/mol. The van der Waals surface area contributed by atoms with E-state index in [1.807, 2.05) is 0 Å². The van der Waals surface area contributed by atoms with Crippen LogP contribution < -0.4 is 11.1 Å². The fraction of sp³-hybridized carbons (Fsp3) is 0.923. The van der Waals surface area contributed by atoms with E-state index in [1.54, 1.807) is 0 Å². The largest absolute Gasteiger partial charge is 0.349 e. The number of nitrogens with two attached hydrogens (primary N) is 1. The van der Waals surface area contributed by atoms with Crippen LogP contribution in [0.25, 0.3) is 0 Å². The lowest BCUT2D eigenvalue weighted by Crippen LogP contribution is -2.52. The first-order valence-corrected chi connectivity index (χ1v) is 6.67. The predicted octanol–water partition coefficient (Wildman–Crippen LogP) is 2.62. The van der Waals surface area contributed by atoms with Crippen molar-refractivity contribution in [2.75, 3.05) is 6.54 Å². The standard InChI is InChI=1S/C13H26N2O.ClH/c1-3-13(4-2,10-14)15-12(16)9-8-11-6-5-7-11;/h11H,3-10,14H2,1-2H3,(H,15,16);1H. The van der Waals surface area contributed by atoms with Gasteiger partial charge in [0.05, 0.1) is 5.54 Å². The van der Waals surface area contributed by atoms with Crippen LogP contribution in [-0.2, 0) is 4.79 Å². The van der Waals surface area contributed by atoms with Crippen molar-refractivity contribution in [3.63, 3.8) is 0 Å². The van der Waals surface area contributed by atoms with Crippen LogP contribution in [0.1, 0.15) is 58.8 Å². The van der Waals surface area contributed by atoms with Crippen LogP contribution in [0.5, 0.6) is 0 Å². The van der Waals surface area contributed by atoms with Gasteiger partial charge in [0.2, 0.25) is 5.91 Å². The van der Waals surface area contributed by atoms with Gasteiger partial charge in [-0.15, -0.1) is 12.4 Å². The molecule has 0 unspecified atom stereocenters. The van der Waals surface area contributed by atoms with Gasteiger partial charge in [-0.2, -0.15) is 0 Å². The summed E-state index contributed by atoms with van der Waals surface area (Å²) in [5, 5.41) is 3.12. The van der Waals surface area contributed by atoms with E-state index in [0.717, 1.165) is 25.2 Å². The summed E-state index contributed by atoms with van der Waals surface area (Å²) in [6.45, 7) is 4.71. The van der Waals surface area contributed by atoms with Gasteiger partial charge in [0.25, 0.3) is 0 Å². The van der Waals surface area contributed by atoms with E-state index in [9.17, 15) is 4.79 Å². The first kappa shape index (κ1) is 16.7. The second kappa shape index (κ2) is 7.93. The summed E-state index contributed by atoms with van der Waals surface area (Å²) < 4.78 is 0. The lowest BCUT2D eigenvalue weighted by atomic mass is 9.82. The third kappa shape index (κ3) is 4.84. The maximum atomic E-state index is 11.8. The molecule has 1 rings (SSSR count). The molecule has 1 aliphatic rings.